The summed E-state index contributed by atoms with van der Waals surface area (Å²) in [4.78, 5) is 13.9. The molecule has 0 radical (unpaired) electrons. The van der Waals surface area contributed by atoms with E-state index in [1.54, 1.807) is 0 Å². The van der Waals surface area contributed by atoms with Crippen LogP contribution < -0.4 is 5.56 Å². The summed E-state index contributed by atoms with van der Waals surface area (Å²) in [5, 5.41) is 2.30. The SMILES string of the molecule is [2H]c1c([2H])c(C([2H])([2H])c2nn(C3([2H])C([2H])([2H])C([2H])([2H])N(C)C([2H])([2H])C([2H])([2H])C3([2H])[2H])c(=O)c3ccccc23)c([2H])c([2H])c1Cl. The van der Waals surface area contributed by atoms with E-state index >= 15 is 0 Å². The Balaban J connectivity index is 2.27. The highest BCUT2D eigenvalue weighted by Crippen LogP contribution is 2.23. The Morgan fingerprint density at radius 1 is 1.26 bits per heavy atom. The second-order valence-electron chi connectivity index (χ2n) is 5.43. The average molecular weight is 399 g/mol. The van der Waals surface area contributed by atoms with Gasteiger partial charge in [-0.3, -0.25) is 4.79 Å². The van der Waals surface area contributed by atoms with Gasteiger partial charge in [0.1, 0.15) is 0 Å². The van der Waals surface area contributed by atoms with Crippen LogP contribution in [0.4, 0.5) is 0 Å². The highest BCUT2D eigenvalue weighted by molar-refractivity contribution is 6.30. The van der Waals surface area contributed by atoms with Crippen LogP contribution in [0, 0.1) is 0 Å². The molecule has 1 aromatic heterocycles. The van der Waals surface area contributed by atoms with Gasteiger partial charge in [-0.15, -0.1) is 0 Å². The van der Waals surface area contributed by atoms with Crippen LogP contribution in [0.1, 0.15) is 59.7 Å². The molecule has 1 aliphatic rings. The quantitative estimate of drug-likeness (QED) is 0.660. The van der Waals surface area contributed by atoms with Gasteiger partial charge in [-0.1, -0.05) is 41.9 Å². The molecule has 5 heteroatoms. The van der Waals surface area contributed by atoms with Crippen molar-refractivity contribution in [3.8, 4) is 0 Å². The van der Waals surface area contributed by atoms with Gasteiger partial charge in [-0.05, 0) is 62.9 Å². The molecule has 140 valence electrons. The van der Waals surface area contributed by atoms with E-state index in [0.29, 0.717) is 7.05 Å². The molecular weight excluding hydrogens is 358 g/mol. The molecule has 2 heterocycles. The van der Waals surface area contributed by atoms with Gasteiger partial charge >= 0.3 is 0 Å². The summed E-state index contributed by atoms with van der Waals surface area (Å²) in [7, 11) is 0.640. The predicted molar refractivity (Wildman–Crippen MR) is 111 cm³/mol. The second-order valence-corrected chi connectivity index (χ2v) is 5.81. The number of fused-ring (bicyclic) bond motifs is 1. The van der Waals surface area contributed by atoms with E-state index in [-0.39, 0.29) is 15.0 Å². The summed E-state index contributed by atoms with van der Waals surface area (Å²) >= 11 is 5.87. The molecule has 3 aromatic rings. The lowest BCUT2D eigenvalue weighted by molar-refractivity contribution is 0.334. The van der Waals surface area contributed by atoms with Crippen molar-refractivity contribution in [3.05, 3.63) is 75.1 Å². The fourth-order valence-corrected chi connectivity index (χ4v) is 2.48. The summed E-state index contributed by atoms with van der Waals surface area (Å²) in [5.41, 5.74) is -3.38. The molecule has 4 nitrogen and oxygen atoms in total. The van der Waals surface area contributed by atoms with Crippen LogP contribution in [0.15, 0.2) is 53.2 Å². The van der Waals surface area contributed by atoms with Crippen molar-refractivity contribution in [1.82, 2.24) is 14.7 Å². The number of benzene rings is 2. The normalized spacial score (nSPS) is 40.3. The third-order valence-corrected chi connectivity index (χ3v) is 3.79. The lowest BCUT2D eigenvalue weighted by Gasteiger charge is -2.19. The molecule has 1 saturated heterocycles. The molecule has 0 bridgehead atoms. The van der Waals surface area contributed by atoms with E-state index in [1.165, 1.54) is 12.1 Å². The minimum absolute atomic E-state index is 0.0572. The van der Waals surface area contributed by atoms with Gasteiger partial charge in [-0.25, -0.2) is 4.68 Å². The zero-order valence-electron chi connectivity index (χ0n) is 30.9. The van der Waals surface area contributed by atoms with Gasteiger partial charge in [0.15, 0.2) is 0 Å². The van der Waals surface area contributed by atoms with Gasteiger partial charge in [0, 0.05) is 33.2 Å². The molecular formula is C22H24ClN3O. The topological polar surface area (TPSA) is 38.1 Å². The third kappa shape index (κ3) is 3.92. The smallest absolute Gasteiger partial charge is 0.274 e. The number of halogens is 1. The Hall–Kier alpha value is -2.17. The number of hydrogen-bond donors (Lipinski definition) is 0. The second kappa shape index (κ2) is 7.83. The minimum atomic E-state index is -4.13. The van der Waals surface area contributed by atoms with Gasteiger partial charge in [0.2, 0.25) is 0 Å². The number of rotatable bonds is 3. The molecule has 0 aliphatic carbocycles. The van der Waals surface area contributed by atoms with E-state index in [4.69, 9.17) is 33.5 Å². The van der Waals surface area contributed by atoms with Gasteiger partial charge in [-0.2, -0.15) is 5.10 Å². The molecule has 0 spiro atoms. The molecule has 0 N–H and O–H groups in total. The van der Waals surface area contributed by atoms with Crippen molar-refractivity contribution in [2.75, 3.05) is 20.0 Å². The van der Waals surface area contributed by atoms with Crippen molar-refractivity contribution < 1.29 is 23.3 Å². The molecule has 0 saturated carbocycles. The zero-order valence-corrected chi connectivity index (χ0v) is 14.7. The Kier molecular flexibility index (Phi) is 2.03. The van der Waals surface area contributed by atoms with Crippen molar-refractivity contribution in [2.24, 2.45) is 0 Å². The van der Waals surface area contributed by atoms with E-state index in [1.807, 2.05) is 0 Å². The number of nitrogens with zero attached hydrogens (tertiary/aromatic N) is 3. The van der Waals surface area contributed by atoms with E-state index in [2.05, 4.69) is 5.10 Å². The molecule has 0 amide bonds. The first-order valence-corrected chi connectivity index (χ1v) is 8.11. The summed E-state index contributed by atoms with van der Waals surface area (Å²) < 4.78 is 145. The van der Waals surface area contributed by atoms with Crippen LogP contribution in [0.2, 0.25) is 5.02 Å². The molecule has 1 fully saturated rings. The zero-order chi connectivity index (χ0) is 34.0. The molecule has 4 rings (SSSR count). The predicted octanol–water partition coefficient (Wildman–Crippen LogP) is 4.30. The van der Waals surface area contributed by atoms with E-state index < -0.39 is 95.9 Å². The van der Waals surface area contributed by atoms with Gasteiger partial charge < -0.3 is 4.90 Å². The number of likely N-dealkylation sites (tertiary alicyclic amines) is 1. The summed E-state index contributed by atoms with van der Waals surface area (Å²) in [5.74, 6) is 0. The highest BCUT2D eigenvalue weighted by atomic mass is 35.5. The highest BCUT2D eigenvalue weighted by Gasteiger charge is 2.21. The maximum atomic E-state index is 13.9. The fraction of sp³-hybridized carbons (Fsp3) is 0.364. The minimum Gasteiger partial charge on any atom is -0.306 e. The van der Waals surface area contributed by atoms with E-state index in [0.717, 1.165) is 12.1 Å². The summed E-state index contributed by atoms with van der Waals surface area (Å²) in [6.45, 7) is -7.34. The van der Waals surface area contributed by atoms with Crippen molar-refractivity contribution in [3.63, 3.8) is 0 Å². The van der Waals surface area contributed by atoms with Crippen molar-refractivity contribution >= 4 is 22.4 Å². The Morgan fingerprint density at radius 3 is 2.78 bits per heavy atom. The average Bonchev–Trinajstić information content (AvgIpc) is 2.94. The molecule has 1 atom stereocenters. The number of hydrogen-bond acceptors (Lipinski definition) is 3. The van der Waals surface area contributed by atoms with Crippen LogP contribution >= 0.6 is 11.6 Å². The van der Waals surface area contributed by atoms with Crippen molar-refractivity contribution in [1.29, 1.82) is 0 Å². The standard InChI is InChI=1S/C22H24ClN3O/c1-25-13-4-5-18(12-14-25)26-22(27)20-7-3-2-6-19(20)21(24-26)15-16-8-10-17(23)11-9-16/h2-3,6-11,18H,4-5,12-15H2,1H3/i4D2,5D2,8D,9D,10D,11D,12D2,13D2,14D2,15D2,18D. The first kappa shape index (κ1) is 7.02. The first-order chi connectivity index (χ1) is 19.7. The Morgan fingerprint density at radius 2 is 2.00 bits per heavy atom. The van der Waals surface area contributed by atoms with Gasteiger partial charge in [0.25, 0.3) is 5.56 Å². The van der Waals surface area contributed by atoms with Crippen LogP contribution in [0.25, 0.3) is 10.8 Å². The first-order valence-electron chi connectivity index (χ1n) is 16.2. The third-order valence-electron chi connectivity index (χ3n) is 3.60. The van der Waals surface area contributed by atoms with Crippen LogP contribution in [0.5, 0.6) is 0 Å². The number of aromatic nitrogens is 2. The molecule has 1 aliphatic heterocycles. The Labute approximate surface area is 188 Å². The summed E-state index contributed by atoms with van der Waals surface area (Å²) in [6, 6.07) is -2.85. The fourth-order valence-electron chi connectivity index (χ4n) is 2.38. The van der Waals surface area contributed by atoms with E-state index in [9.17, 15) is 6.17 Å². The van der Waals surface area contributed by atoms with Crippen molar-refractivity contribution in [2.45, 2.75) is 31.5 Å². The largest absolute Gasteiger partial charge is 0.306 e. The maximum absolute atomic E-state index is 13.9. The molecule has 27 heavy (non-hydrogen) atoms. The molecule has 1 unspecified atom stereocenters. The summed E-state index contributed by atoms with van der Waals surface area (Å²) in [6.07, 6.45) is -15.3. The van der Waals surface area contributed by atoms with Crippen LogP contribution in [-0.4, -0.2) is 34.7 Å². The van der Waals surface area contributed by atoms with Gasteiger partial charge in [0.05, 0.1) is 24.0 Å². The molecule has 2 aromatic carbocycles. The Bertz CT molecular complexity index is 1730. The van der Waals surface area contributed by atoms with Crippen LogP contribution in [-0.2, 0) is 6.37 Å². The van der Waals surface area contributed by atoms with Crippen LogP contribution in [0.3, 0.4) is 0 Å². The lowest BCUT2D eigenvalue weighted by Crippen LogP contribution is -2.29. The lowest BCUT2D eigenvalue weighted by atomic mass is 10.0. The maximum Gasteiger partial charge on any atom is 0.274 e. The monoisotopic (exact) mass is 398 g/mol.